The lowest BCUT2D eigenvalue weighted by atomic mass is 9.73. The summed E-state index contributed by atoms with van der Waals surface area (Å²) in [5.74, 6) is -0.420. The van der Waals surface area contributed by atoms with Crippen molar-refractivity contribution in [2.75, 3.05) is 47.0 Å². The van der Waals surface area contributed by atoms with Crippen LogP contribution in [0.2, 0.25) is 0 Å². The van der Waals surface area contributed by atoms with E-state index in [1.54, 1.807) is 25.0 Å². The number of carbonyl (C=O) groups is 2. The maximum atomic E-state index is 13.9. The molecule has 1 aromatic carbocycles. The molecule has 0 aromatic heterocycles. The molecule has 0 spiro atoms. The molecule has 0 radical (unpaired) electrons. The normalized spacial score (nSPS) is 25.2. The fourth-order valence-electron chi connectivity index (χ4n) is 4.21. The van der Waals surface area contributed by atoms with Crippen LogP contribution in [-0.4, -0.2) is 68.6 Å². The van der Waals surface area contributed by atoms with Gasteiger partial charge in [-0.15, -0.1) is 0 Å². The third-order valence-corrected chi connectivity index (χ3v) is 5.70. The van der Waals surface area contributed by atoms with Gasteiger partial charge >= 0.3 is 0 Å². The smallest absolute Gasteiger partial charge is 0.253 e. The van der Waals surface area contributed by atoms with E-state index in [1.165, 1.54) is 19.2 Å². The van der Waals surface area contributed by atoms with Crippen LogP contribution < -0.4 is 4.74 Å². The van der Waals surface area contributed by atoms with E-state index in [-0.39, 0.29) is 28.9 Å². The zero-order chi connectivity index (χ0) is 18.9. The zero-order valence-corrected chi connectivity index (χ0v) is 15.5. The highest BCUT2D eigenvalue weighted by Gasteiger charge is 2.50. The molecule has 3 rings (SSSR count). The number of piperidine rings is 1. The second-order valence-electron chi connectivity index (χ2n) is 7.24. The number of fused-ring (bicyclic) bond motifs is 1. The summed E-state index contributed by atoms with van der Waals surface area (Å²) in [6.07, 6.45) is 0.764. The molecule has 2 fully saturated rings. The van der Waals surface area contributed by atoms with Gasteiger partial charge in [0.05, 0.1) is 13.7 Å². The third-order valence-electron chi connectivity index (χ3n) is 5.70. The summed E-state index contributed by atoms with van der Waals surface area (Å²) in [7, 11) is 3.06. The summed E-state index contributed by atoms with van der Waals surface area (Å²) in [5.41, 5.74) is 0.200. The molecule has 7 heteroatoms. The molecular formula is C19H25FN2O4. The van der Waals surface area contributed by atoms with Crippen molar-refractivity contribution in [1.29, 1.82) is 0 Å². The van der Waals surface area contributed by atoms with Gasteiger partial charge in [0.1, 0.15) is 0 Å². The monoisotopic (exact) mass is 364 g/mol. The minimum atomic E-state index is -0.548. The van der Waals surface area contributed by atoms with Gasteiger partial charge in [0.2, 0.25) is 5.91 Å². The van der Waals surface area contributed by atoms with Crippen LogP contribution in [-0.2, 0) is 9.53 Å². The van der Waals surface area contributed by atoms with Gasteiger partial charge in [-0.25, -0.2) is 4.39 Å². The first-order valence-corrected chi connectivity index (χ1v) is 8.77. The number of nitrogens with zero attached hydrogens (tertiary/aromatic N) is 2. The molecule has 0 N–H and O–H groups in total. The lowest BCUT2D eigenvalue weighted by molar-refractivity contribution is -0.128. The van der Waals surface area contributed by atoms with Crippen molar-refractivity contribution in [3.63, 3.8) is 0 Å². The summed E-state index contributed by atoms with van der Waals surface area (Å²) in [6, 6.07) is 4.27. The number of carbonyl (C=O) groups excluding carboxylic acids is 2. The predicted octanol–water partition coefficient (Wildman–Crippen LogP) is 1.79. The molecule has 2 amide bonds. The highest BCUT2D eigenvalue weighted by molar-refractivity contribution is 5.94. The number of ether oxygens (including phenoxy) is 2. The van der Waals surface area contributed by atoms with Gasteiger partial charge < -0.3 is 19.3 Å². The second kappa shape index (κ2) is 7.23. The van der Waals surface area contributed by atoms with Crippen LogP contribution in [0.15, 0.2) is 18.2 Å². The number of likely N-dealkylation sites (tertiary alicyclic amines) is 2. The van der Waals surface area contributed by atoms with Crippen LogP contribution in [0.5, 0.6) is 5.75 Å². The van der Waals surface area contributed by atoms with Crippen LogP contribution in [0.25, 0.3) is 0 Å². The van der Waals surface area contributed by atoms with Crippen LogP contribution in [0.3, 0.4) is 0 Å². The van der Waals surface area contributed by atoms with E-state index in [2.05, 4.69) is 0 Å². The molecule has 0 aliphatic carbocycles. The van der Waals surface area contributed by atoms with E-state index in [1.807, 2.05) is 4.90 Å². The van der Waals surface area contributed by atoms with Gasteiger partial charge in [0.15, 0.2) is 11.6 Å². The Balaban J connectivity index is 1.77. The van der Waals surface area contributed by atoms with Gasteiger partial charge in [-0.05, 0) is 24.6 Å². The number of hydrogen-bond acceptors (Lipinski definition) is 4. The number of methoxy groups -OCH3 is 2. The van der Waals surface area contributed by atoms with Gasteiger partial charge in [-0.2, -0.15) is 0 Å². The van der Waals surface area contributed by atoms with E-state index >= 15 is 0 Å². The molecule has 6 nitrogen and oxygen atoms in total. The van der Waals surface area contributed by atoms with Crippen molar-refractivity contribution in [2.24, 2.45) is 11.3 Å². The first kappa shape index (κ1) is 18.6. The van der Waals surface area contributed by atoms with Crippen molar-refractivity contribution in [1.82, 2.24) is 9.80 Å². The standard InChI is InChI=1S/C19H25FN2O4/c1-13(23)22-10-15-9-21(7-6-19(15,11-22)12-25-2)18(24)14-4-5-17(26-3)16(20)8-14/h4-5,8,15H,6-7,9-12H2,1-3H3/t15-,19+/m1/s1. The fraction of sp³-hybridized carbons (Fsp3) is 0.579. The molecule has 2 heterocycles. The molecule has 2 saturated heterocycles. The SMILES string of the molecule is COC[C@@]12CCN(C(=O)c3ccc(OC)c(F)c3)C[C@@H]1CN(C(C)=O)C2. The van der Waals surface area contributed by atoms with Crippen molar-refractivity contribution >= 4 is 11.8 Å². The third kappa shape index (κ3) is 3.28. The number of rotatable bonds is 4. The number of hydrogen-bond donors (Lipinski definition) is 0. The Labute approximate surface area is 152 Å². The van der Waals surface area contributed by atoms with Crippen molar-refractivity contribution in [3.8, 4) is 5.75 Å². The molecule has 1 aromatic rings. The van der Waals surface area contributed by atoms with Crippen molar-refractivity contribution < 1.29 is 23.5 Å². The summed E-state index contributed by atoms with van der Waals surface area (Å²) in [6.45, 7) is 4.54. The molecule has 0 bridgehead atoms. The zero-order valence-electron chi connectivity index (χ0n) is 15.5. The maximum Gasteiger partial charge on any atom is 0.253 e. The molecular weight excluding hydrogens is 339 g/mol. The van der Waals surface area contributed by atoms with Crippen LogP contribution >= 0.6 is 0 Å². The summed E-state index contributed by atoms with van der Waals surface area (Å²) < 4.78 is 24.3. The molecule has 2 atom stereocenters. The Hall–Kier alpha value is -2.15. The summed E-state index contributed by atoms with van der Waals surface area (Å²) in [4.78, 5) is 28.2. The second-order valence-corrected chi connectivity index (χ2v) is 7.24. The first-order valence-electron chi connectivity index (χ1n) is 8.77. The van der Waals surface area contributed by atoms with Crippen molar-refractivity contribution in [2.45, 2.75) is 13.3 Å². The first-order chi connectivity index (χ1) is 12.4. The van der Waals surface area contributed by atoms with Gasteiger partial charge in [-0.3, -0.25) is 9.59 Å². The van der Waals surface area contributed by atoms with Gasteiger partial charge in [0.25, 0.3) is 5.91 Å². The fourth-order valence-corrected chi connectivity index (χ4v) is 4.21. The number of benzene rings is 1. The van der Waals surface area contributed by atoms with Crippen LogP contribution in [0.1, 0.15) is 23.7 Å². The largest absolute Gasteiger partial charge is 0.494 e. The van der Waals surface area contributed by atoms with Crippen LogP contribution in [0, 0.1) is 17.2 Å². The Kier molecular flexibility index (Phi) is 5.18. The van der Waals surface area contributed by atoms with Gasteiger partial charge in [0, 0.05) is 57.1 Å². The summed E-state index contributed by atoms with van der Waals surface area (Å²) >= 11 is 0. The Morgan fingerprint density at radius 1 is 1.27 bits per heavy atom. The minimum Gasteiger partial charge on any atom is -0.494 e. The highest BCUT2D eigenvalue weighted by atomic mass is 19.1. The van der Waals surface area contributed by atoms with Crippen molar-refractivity contribution in [3.05, 3.63) is 29.6 Å². The van der Waals surface area contributed by atoms with E-state index < -0.39 is 5.82 Å². The Morgan fingerprint density at radius 3 is 2.62 bits per heavy atom. The molecule has 0 unspecified atom stereocenters. The van der Waals surface area contributed by atoms with E-state index in [0.29, 0.717) is 38.3 Å². The minimum absolute atomic E-state index is 0.0463. The molecule has 2 aliphatic heterocycles. The molecule has 0 saturated carbocycles. The molecule has 2 aliphatic rings. The lowest BCUT2D eigenvalue weighted by Gasteiger charge is -2.43. The number of amides is 2. The average molecular weight is 364 g/mol. The Morgan fingerprint density at radius 2 is 2.00 bits per heavy atom. The maximum absolute atomic E-state index is 13.9. The average Bonchev–Trinajstić information content (AvgIpc) is 3.00. The summed E-state index contributed by atoms with van der Waals surface area (Å²) in [5, 5.41) is 0. The lowest BCUT2D eigenvalue weighted by Crippen LogP contribution is -2.50. The van der Waals surface area contributed by atoms with Crippen LogP contribution in [0.4, 0.5) is 4.39 Å². The molecule has 142 valence electrons. The Bertz CT molecular complexity index is 711. The number of halogens is 1. The predicted molar refractivity (Wildman–Crippen MR) is 93.5 cm³/mol. The van der Waals surface area contributed by atoms with E-state index in [9.17, 15) is 14.0 Å². The molecule has 26 heavy (non-hydrogen) atoms. The van der Waals surface area contributed by atoms with E-state index in [0.717, 1.165) is 6.42 Å². The topological polar surface area (TPSA) is 59.1 Å². The van der Waals surface area contributed by atoms with E-state index in [4.69, 9.17) is 9.47 Å². The van der Waals surface area contributed by atoms with Gasteiger partial charge in [-0.1, -0.05) is 0 Å². The quantitative estimate of drug-likeness (QED) is 0.817. The highest BCUT2D eigenvalue weighted by Crippen LogP contribution is 2.43.